The number of carbonyl (C=O) groups is 1. The SMILES string of the molecule is NCc1c(F)cnc(C(F)F)c1C(=O)O. The van der Waals surface area contributed by atoms with Crippen molar-refractivity contribution in [2.45, 2.75) is 13.0 Å². The van der Waals surface area contributed by atoms with E-state index in [4.69, 9.17) is 10.8 Å². The summed E-state index contributed by atoms with van der Waals surface area (Å²) in [6, 6.07) is 0. The highest BCUT2D eigenvalue weighted by Gasteiger charge is 2.24. The van der Waals surface area contributed by atoms with Crippen LogP contribution in [0, 0.1) is 5.82 Å². The molecule has 82 valence electrons. The minimum atomic E-state index is -3.08. The van der Waals surface area contributed by atoms with Crippen molar-refractivity contribution in [3.05, 3.63) is 28.8 Å². The van der Waals surface area contributed by atoms with Gasteiger partial charge in [0, 0.05) is 12.1 Å². The number of aromatic nitrogens is 1. The third-order valence-corrected chi connectivity index (χ3v) is 1.79. The van der Waals surface area contributed by atoms with Gasteiger partial charge in [0.25, 0.3) is 6.43 Å². The first-order valence-electron chi connectivity index (χ1n) is 3.87. The predicted octanol–water partition coefficient (Wildman–Crippen LogP) is 1.32. The average molecular weight is 220 g/mol. The van der Waals surface area contributed by atoms with Crippen molar-refractivity contribution in [3.8, 4) is 0 Å². The third-order valence-electron chi connectivity index (χ3n) is 1.79. The van der Waals surface area contributed by atoms with Crippen LogP contribution >= 0.6 is 0 Å². The van der Waals surface area contributed by atoms with Crippen molar-refractivity contribution in [1.29, 1.82) is 0 Å². The molecular formula is C8H7F3N2O2. The molecule has 0 aromatic carbocycles. The molecule has 0 saturated heterocycles. The monoisotopic (exact) mass is 220 g/mol. The van der Waals surface area contributed by atoms with Crippen molar-refractivity contribution in [3.63, 3.8) is 0 Å². The van der Waals surface area contributed by atoms with Crippen LogP contribution < -0.4 is 5.73 Å². The Morgan fingerprint density at radius 2 is 2.20 bits per heavy atom. The van der Waals surface area contributed by atoms with Crippen molar-refractivity contribution in [2.75, 3.05) is 0 Å². The lowest BCUT2D eigenvalue weighted by molar-refractivity contribution is 0.0679. The van der Waals surface area contributed by atoms with Crippen molar-refractivity contribution in [2.24, 2.45) is 5.73 Å². The Morgan fingerprint density at radius 1 is 1.60 bits per heavy atom. The molecule has 0 unspecified atom stereocenters. The number of halogens is 3. The quantitative estimate of drug-likeness (QED) is 0.805. The highest BCUT2D eigenvalue weighted by Crippen LogP contribution is 2.24. The van der Waals surface area contributed by atoms with Crippen molar-refractivity contribution < 1.29 is 23.1 Å². The molecule has 0 radical (unpaired) electrons. The summed E-state index contributed by atoms with van der Waals surface area (Å²) >= 11 is 0. The second-order valence-electron chi connectivity index (χ2n) is 2.65. The number of hydrogen-bond donors (Lipinski definition) is 2. The molecule has 15 heavy (non-hydrogen) atoms. The molecule has 0 amide bonds. The van der Waals surface area contributed by atoms with E-state index in [1.165, 1.54) is 0 Å². The zero-order valence-electron chi connectivity index (χ0n) is 7.38. The van der Waals surface area contributed by atoms with E-state index in [1.54, 1.807) is 0 Å². The van der Waals surface area contributed by atoms with Gasteiger partial charge in [-0.3, -0.25) is 4.98 Å². The van der Waals surface area contributed by atoms with E-state index in [0.717, 1.165) is 0 Å². The summed E-state index contributed by atoms with van der Waals surface area (Å²) in [7, 11) is 0. The van der Waals surface area contributed by atoms with E-state index >= 15 is 0 Å². The molecule has 0 aliphatic rings. The Hall–Kier alpha value is -1.63. The van der Waals surface area contributed by atoms with Gasteiger partial charge in [-0.05, 0) is 0 Å². The molecule has 0 atom stereocenters. The lowest BCUT2D eigenvalue weighted by Gasteiger charge is -2.09. The summed E-state index contributed by atoms with van der Waals surface area (Å²) in [6.45, 7) is -0.476. The normalized spacial score (nSPS) is 10.7. The molecule has 0 fully saturated rings. The molecule has 0 aliphatic carbocycles. The first kappa shape index (κ1) is 11.4. The highest BCUT2D eigenvalue weighted by molar-refractivity contribution is 5.90. The van der Waals surface area contributed by atoms with Gasteiger partial charge in [0.1, 0.15) is 11.5 Å². The van der Waals surface area contributed by atoms with Gasteiger partial charge in [0.05, 0.1) is 11.8 Å². The minimum absolute atomic E-state index is 0.465. The van der Waals surface area contributed by atoms with Crippen LogP contribution in [0.1, 0.15) is 28.0 Å². The maximum atomic E-state index is 13.0. The Morgan fingerprint density at radius 3 is 2.60 bits per heavy atom. The maximum Gasteiger partial charge on any atom is 0.338 e. The first-order valence-corrected chi connectivity index (χ1v) is 3.87. The van der Waals surface area contributed by atoms with Gasteiger partial charge >= 0.3 is 5.97 Å². The number of rotatable bonds is 3. The summed E-state index contributed by atoms with van der Waals surface area (Å²) in [5.41, 5.74) is 2.79. The third kappa shape index (κ3) is 2.07. The number of carboxylic acids is 1. The highest BCUT2D eigenvalue weighted by atomic mass is 19.3. The number of carboxylic acid groups (broad SMARTS) is 1. The Balaban J connectivity index is 3.49. The Labute approximate surface area is 82.5 Å². The summed E-state index contributed by atoms with van der Waals surface area (Å²) in [4.78, 5) is 13.7. The summed E-state index contributed by atoms with van der Waals surface area (Å²) in [5.74, 6) is -2.67. The molecule has 7 heteroatoms. The summed E-state index contributed by atoms with van der Waals surface area (Å²) in [6.07, 6.45) is -2.54. The zero-order valence-corrected chi connectivity index (χ0v) is 7.38. The fourth-order valence-corrected chi connectivity index (χ4v) is 1.15. The van der Waals surface area contributed by atoms with Crippen molar-refractivity contribution in [1.82, 2.24) is 4.98 Å². The second kappa shape index (κ2) is 4.26. The molecule has 1 aromatic heterocycles. The molecule has 0 spiro atoms. The molecule has 1 aromatic rings. The maximum absolute atomic E-state index is 13.0. The summed E-state index contributed by atoms with van der Waals surface area (Å²) < 4.78 is 37.7. The lowest BCUT2D eigenvalue weighted by Crippen LogP contribution is -2.14. The van der Waals surface area contributed by atoms with Gasteiger partial charge in [-0.15, -0.1) is 0 Å². The number of hydrogen-bond acceptors (Lipinski definition) is 3. The predicted molar refractivity (Wildman–Crippen MR) is 44.0 cm³/mol. The molecular weight excluding hydrogens is 213 g/mol. The van der Waals surface area contributed by atoms with E-state index in [1.807, 2.05) is 0 Å². The first-order chi connectivity index (χ1) is 6.99. The number of nitrogens with zero attached hydrogens (tertiary/aromatic N) is 1. The van der Waals surface area contributed by atoms with Crippen LogP contribution in [0.3, 0.4) is 0 Å². The van der Waals surface area contributed by atoms with Crippen LogP contribution in [0.25, 0.3) is 0 Å². The average Bonchev–Trinajstić information content (AvgIpc) is 2.16. The number of alkyl halides is 2. The van der Waals surface area contributed by atoms with Crippen LogP contribution in [0.4, 0.5) is 13.2 Å². The van der Waals surface area contributed by atoms with Gasteiger partial charge in [-0.25, -0.2) is 18.0 Å². The van der Waals surface area contributed by atoms with Gasteiger partial charge < -0.3 is 10.8 Å². The molecule has 0 saturated carbocycles. The minimum Gasteiger partial charge on any atom is -0.478 e. The second-order valence-corrected chi connectivity index (χ2v) is 2.65. The van der Waals surface area contributed by atoms with E-state index in [0.29, 0.717) is 6.20 Å². The fourth-order valence-electron chi connectivity index (χ4n) is 1.15. The van der Waals surface area contributed by atoms with E-state index in [-0.39, 0.29) is 0 Å². The van der Waals surface area contributed by atoms with Crippen LogP contribution in [0.2, 0.25) is 0 Å². The van der Waals surface area contributed by atoms with Gasteiger partial charge in [-0.2, -0.15) is 0 Å². The molecule has 3 N–H and O–H groups in total. The molecule has 0 bridgehead atoms. The van der Waals surface area contributed by atoms with Crippen LogP contribution in [-0.2, 0) is 6.54 Å². The standard InChI is InChI=1S/C8H7F3N2O2/c9-4-2-13-6(7(10)11)5(8(14)15)3(4)1-12/h2,7H,1,12H2,(H,14,15). The largest absolute Gasteiger partial charge is 0.478 e. The topological polar surface area (TPSA) is 76.2 Å². The van der Waals surface area contributed by atoms with Crippen molar-refractivity contribution >= 4 is 5.97 Å². The van der Waals surface area contributed by atoms with Crippen LogP contribution in [0.15, 0.2) is 6.20 Å². The Kier molecular flexibility index (Phi) is 3.25. The van der Waals surface area contributed by atoms with E-state index in [9.17, 15) is 18.0 Å². The summed E-state index contributed by atoms with van der Waals surface area (Å²) in [5, 5.41) is 8.66. The number of aromatic carboxylic acids is 1. The van der Waals surface area contributed by atoms with Gasteiger partial charge in [-0.1, -0.05) is 0 Å². The zero-order chi connectivity index (χ0) is 11.6. The molecule has 0 aliphatic heterocycles. The van der Waals surface area contributed by atoms with E-state index < -0.39 is 41.6 Å². The number of pyridine rings is 1. The van der Waals surface area contributed by atoms with Gasteiger partial charge in [0.15, 0.2) is 0 Å². The smallest absolute Gasteiger partial charge is 0.338 e. The number of nitrogens with two attached hydrogens (primary N) is 1. The van der Waals surface area contributed by atoms with E-state index in [2.05, 4.69) is 4.98 Å². The fraction of sp³-hybridized carbons (Fsp3) is 0.250. The molecule has 1 rings (SSSR count). The van der Waals surface area contributed by atoms with Gasteiger partial charge in [0.2, 0.25) is 0 Å². The van der Waals surface area contributed by atoms with Crippen LogP contribution in [-0.4, -0.2) is 16.1 Å². The Bertz CT molecular complexity index is 396. The molecule has 1 heterocycles. The lowest BCUT2D eigenvalue weighted by atomic mass is 10.1. The molecule has 4 nitrogen and oxygen atoms in total. The van der Waals surface area contributed by atoms with Crippen LogP contribution in [0.5, 0.6) is 0 Å².